The van der Waals surface area contributed by atoms with Gasteiger partial charge in [0.25, 0.3) is 0 Å². The molecule has 0 bridgehead atoms. The summed E-state index contributed by atoms with van der Waals surface area (Å²) in [5.41, 5.74) is 3.04. The van der Waals surface area contributed by atoms with Gasteiger partial charge in [-0.25, -0.2) is 0 Å². The summed E-state index contributed by atoms with van der Waals surface area (Å²) < 4.78 is 5.35. The zero-order valence-corrected chi connectivity index (χ0v) is 10.6. The monoisotopic (exact) mass is 251 g/mol. The Morgan fingerprint density at radius 3 is 2.82 bits per heavy atom. The highest BCUT2D eigenvalue weighted by atomic mass is 35.5. The van der Waals surface area contributed by atoms with Crippen molar-refractivity contribution in [1.29, 1.82) is 0 Å². The summed E-state index contributed by atoms with van der Waals surface area (Å²) in [7, 11) is 1.67. The van der Waals surface area contributed by atoms with Crippen molar-refractivity contribution in [3.63, 3.8) is 0 Å². The number of benzene rings is 1. The van der Waals surface area contributed by atoms with E-state index in [0.29, 0.717) is 0 Å². The van der Waals surface area contributed by atoms with E-state index in [1.165, 1.54) is 0 Å². The van der Waals surface area contributed by atoms with E-state index >= 15 is 0 Å². The molecular formula is C12H14ClN3O. The van der Waals surface area contributed by atoms with Gasteiger partial charge >= 0.3 is 0 Å². The van der Waals surface area contributed by atoms with Gasteiger partial charge in [-0.2, -0.15) is 15.4 Å². The highest BCUT2D eigenvalue weighted by Crippen LogP contribution is 2.27. The summed E-state index contributed by atoms with van der Waals surface area (Å²) in [4.78, 5) is 0. The normalized spacial score (nSPS) is 10.5. The van der Waals surface area contributed by atoms with E-state index in [9.17, 15) is 0 Å². The first-order valence-electron chi connectivity index (χ1n) is 5.38. The van der Waals surface area contributed by atoms with E-state index in [4.69, 9.17) is 16.3 Å². The molecule has 0 fully saturated rings. The SMILES string of the molecule is COc1cc(C)c(Cl)cc1CCc1cn[nH]n1. The maximum atomic E-state index is 6.11. The molecule has 0 radical (unpaired) electrons. The van der Waals surface area contributed by atoms with Gasteiger partial charge in [0, 0.05) is 5.02 Å². The molecule has 2 aromatic rings. The number of nitrogens with one attached hydrogen (secondary N) is 1. The van der Waals surface area contributed by atoms with Crippen LogP contribution in [-0.2, 0) is 12.8 Å². The van der Waals surface area contributed by atoms with Gasteiger partial charge in [-0.05, 0) is 43.0 Å². The lowest BCUT2D eigenvalue weighted by Crippen LogP contribution is -1.97. The minimum Gasteiger partial charge on any atom is -0.496 e. The van der Waals surface area contributed by atoms with Crippen LogP contribution < -0.4 is 4.74 Å². The Hall–Kier alpha value is -1.55. The van der Waals surface area contributed by atoms with Crippen LogP contribution in [0.25, 0.3) is 0 Å². The summed E-state index contributed by atoms with van der Waals surface area (Å²) in [6.07, 6.45) is 3.37. The molecule has 0 spiro atoms. The molecule has 17 heavy (non-hydrogen) atoms. The highest BCUT2D eigenvalue weighted by Gasteiger charge is 2.08. The fourth-order valence-electron chi connectivity index (χ4n) is 1.69. The van der Waals surface area contributed by atoms with Gasteiger partial charge in [-0.1, -0.05) is 11.6 Å². The first-order valence-corrected chi connectivity index (χ1v) is 5.76. The number of H-pyrrole nitrogens is 1. The third-order valence-electron chi connectivity index (χ3n) is 2.68. The third kappa shape index (κ3) is 2.77. The molecule has 0 aliphatic carbocycles. The minimum absolute atomic E-state index is 0.765. The standard InChI is InChI=1S/C12H14ClN3O/c1-8-5-12(17-2)9(6-11(8)13)3-4-10-7-14-16-15-10/h5-7H,3-4H2,1-2H3,(H,14,15,16). The molecule has 0 amide bonds. The zero-order chi connectivity index (χ0) is 12.3. The number of halogens is 1. The van der Waals surface area contributed by atoms with E-state index in [1.807, 2.05) is 19.1 Å². The number of aryl methyl sites for hydroxylation is 3. The lowest BCUT2D eigenvalue weighted by molar-refractivity contribution is 0.409. The van der Waals surface area contributed by atoms with Crippen LogP contribution >= 0.6 is 11.6 Å². The van der Waals surface area contributed by atoms with Crippen LogP contribution in [0, 0.1) is 6.92 Å². The average molecular weight is 252 g/mol. The number of ether oxygens (including phenoxy) is 1. The summed E-state index contributed by atoms with van der Waals surface area (Å²) in [5.74, 6) is 0.871. The Morgan fingerprint density at radius 1 is 1.35 bits per heavy atom. The quantitative estimate of drug-likeness (QED) is 0.909. The Labute approximate surface area is 105 Å². The fraction of sp³-hybridized carbons (Fsp3) is 0.333. The first-order chi connectivity index (χ1) is 8.20. The van der Waals surface area contributed by atoms with Crippen LogP contribution in [0.5, 0.6) is 5.75 Å². The smallest absolute Gasteiger partial charge is 0.122 e. The predicted octanol–water partition coefficient (Wildman–Crippen LogP) is 2.56. The summed E-state index contributed by atoms with van der Waals surface area (Å²) in [5, 5.41) is 11.2. The highest BCUT2D eigenvalue weighted by molar-refractivity contribution is 6.31. The summed E-state index contributed by atoms with van der Waals surface area (Å²) in [6.45, 7) is 1.96. The van der Waals surface area contributed by atoms with Crippen molar-refractivity contribution in [2.45, 2.75) is 19.8 Å². The van der Waals surface area contributed by atoms with Crippen molar-refractivity contribution in [2.24, 2.45) is 0 Å². The van der Waals surface area contributed by atoms with Gasteiger partial charge < -0.3 is 4.74 Å². The Balaban J connectivity index is 2.17. The van der Waals surface area contributed by atoms with E-state index in [0.717, 1.165) is 40.4 Å². The molecular weight excluding hydrogens is 238 g/mol. The maximum absolute atomic E-state index is 6.11. The van der Waals surface area contributed by atoms with Crippen molar-refractivity contribution in [2.75, 3.05) is 7.11 Å². The molecule has 0 atom stereocenters. The van der Waals surface area contributed by atoms with Crippen molar-refractivity contribution < 1.29 is 4.74 Å². The third-order valence-corrected chi connectivity index (χ3v) is 3.08. The molecule has 90 valence electrons. The van der Waals surface area contributed by atoms with Crippen molar-refractivity contribution in [1.82, 2.24) is 15.4 Å². The van der Waals surface area contributed by atoms with Gasteiger partial charge in [0.05, 0.1) is 19.0 Å². The number of rotatable bonds is 4. The largest absolute Gasteiger partial charge is 0.496 e. The number of aromatic amines is 1. The number of hydrogen-bond donors (Lipinski definition) is 1. The molecule has 0 saturated carbocycles. The van der Waals surface area contributed by atoms with Crippen molar-refractivity contribution in [3.05, 3.63) is 40.2 Å². The number of hydrogen-bond acceptors (Lipinski definition) is 3. The molecule has 1 N–H and O–H groups in total. The second-order valence-electron chi connectivity index (χ2n) is 3.87. The Kier molecular flexibility index (Phi) is 3.64. The van der Waals surface area contributed by atoms with Gasteiger partial charge in [0.2, 0.25) is 0 Å². The van der Waals surface area contributed by atoms with Gasteiger partial charge in [0.1, 0.15) is 5.75 Å². The van der Waals surface area contributed by atoms with Crippen LogP contribution in [-0.4, -0.2) is 22.5 Å². The van der Waals surface area contributed by atoms with E-state index in [1.54, 1.807) is 13.3 Å². The van der Waals surface area contributed by atoms with Crippen molar-refractivity contribution in [3.8, 4) is 5.75 Å². The molecule has 0 aliphatic heterocycles. The maximum Gasteiger partial charge on any atom is 0.122 e. The van der Waals surface area contributed by atoms with E-state index in [-0.39, 0.29) is 0 Å². The summed E-state index contributed by atoms with van der Waals surface area (Å²) >= 11 is 6.11. The topological polar surface area (TPSA) is 50.8 Å². The second-order valence-corrected chi connectivity index (χ2v) is 4.28. The van der Waals surface area contributed by atoms with Crippen LogP contribution in [0.15, 0.2) is 18.3 Å². The number of nitrogens with zero attached hydrogens (tertiary/aromatic N) is 2. The van der Waals surface area contributed by atoms with Crippen LogP contribution in [0.3, 0.4) is 0 Å². The fourth-order valence-corrected chi connectivity index (χ4v) is 1.88. The average Bonchev–Trinajstić information content (AvgIpc) is 2.83. The van der Waals surface area contributed by atoms with Crippen molar-refractivity contribution >= 4 is 11.6 Å². The molecule has 0 unspecified atom stereocenters. The molecule has 1 heterocycles. The molecule has 2 rings (SSSR count). The Bertz CT molecular complexity index is 497. The molecule has 4 nitrogen and oxygen atoms in total. The number of methoxy groups -OCH3 is 1. The second kappa shape index (κ2) is 5.19. The van der Waals surface area contributed by atoms with E-state index in [2.05, 4.69) is 15.4 Å². The lowest BCUT2D eigenvalue weighted by Gasteiger charge is -2.10. The molecule has 0 saturated heterocycles. The van der Waals surface area contributed by atoms with Crippen LogP contribution in [0.1, 0.15) is 16.8 Å². The first kappa shape index (κ1) is 11.9. The van der Waals surface area contributed by atoms with Crippen LogP contribution in [0.2, 0.25) is 5.02 Å². The Morgan fingerprint density at radius 2 is 2.18 bits per heavy atom. The zero-order valence-electron chi connectivity index (χ0n) is 9.83. The molecule has 1 aromatic carbocycles. The summed E-state index contributed by atoms with van der Waals surface area (Å²) in [6, 6.07) is 3.91. The minimum atomic E-state index is 0.765. The lowest BCUT2D eigenvalue weighted by atomic mass is 10.1. The van der Waals surface area contributed by atoms with Gasteiger partial charge in [-0.15, -0.1) is 0 Å². The number of aromatic nitrogens is 3. The molecule has 5 heteroatoms. The van der Waals surface area contributed by atoms with Gasteiger partial charge in [0.15, 0.2) is 0 Å². The molecule has 0 aliphatic rings. The van der Waals surface area contributed by atoms with Gasteiger partial charge in [-0.3, -0.25) is 0 Å². The van der Waals surface area contributed by atoms with E-state index < -0.39 is 0 Å². The predicted molar refractivity (Wildman–Crippen MR) is 66.5 cm³/mol. The van der Waals surface area contributed by atoms with Crippen LogP contribution in [0.4, 0.5) is 0 Å². The molecule has 1 aromatic heterocycles.